The standard InChI is InChI=1S/C14H21ClS/c1-12-7-8-14(11-13(12)2)16-10-6-4-3-5-9-15/h7-8,11H,3-6,9-10H2,1-2H3. The number of hydrogen-bond donors (Lipinski definition) is 0. The Labute approximate surface area is 109 Å². The predicted molar refractivity (Wildman–Crippen MR) is 75.8 cm³/mol. The molecule has 0 radical (unpaired) electrons. The predicted octanol–water partition coefficient (Wildman–Crippen LogP) is 5.19. The molecule has 0 saturated heterocycles. The van der Waals surface area contributed by atoms with E-state index in [2.05, 4.69) is 32.0 Å². The molecule has 0 aliphatic heterocycles. The second kappa shape index (κ2) is 8.03. The number of thioether (sulfide) groups is 1. The van der Waals surface area contributed by atoms with Gasteiger partial charge >= 0.3 is 0 Å². The summed E-state index contributed by atoms with van der Waals surface area (Å²) in [7, 11) is 0. The van der Waals surface area contributed by atoms with Crippen molar-refractivity contribution in [2.75, 3.05) is 11.6 Å². The van der Waals surface area contributed by atoms with E-state index in [1.165, 1.54) is 41.0 Å². The van der Waals surface area contributed by atoms with Gasteiger partial charge in [0.05, 0.1) is 0 Å². The van der Waals surface area contributed by atoms with Crippen molar-refractivity contribution in [3.05, 3.63) is 29.3 Å². The van der Waals surface area contributed by atoms with Gasteiger partial charge in [-0.2, -0.15) is 0 Å². The van der Waals surface area contributed by atoms with Gasteiger partial charge in [0.15, 0.2) is 0 Å². The van der Waals surface area contributed by atoms with Gasteiger partial charge in [-0.05, 0) is 55.7 Å². The first kappa shape index (κ1) is 13.9. The molecule has 0 heterocycles. The average Bonchev–Trinajstić information content (AvgIpc) is 2.28. The second-order valence-corrected chi connectivity index (χ2v) is 5.74. The molecule has 0 aliphatic carbocycles. The monoisotopic (exact) mass is 256 g/mol. The second-order valence-electron chi connectivity index (χ2n) is 4.20. The van der Waals surface area contributed by atoms with Crippen molar-refractivity contribution in [2.45, 2.75) is 44.4 Å². The van der Waals surface area contributed by atoms with Crippen LogP contribution in [0, 0.1) is 13.8 Å². The molecule has 1 rings (SSSR count). The third-order valence-electron chi connectivity index (χ3n) is 2.78. The topological polar surface area (TPSA) is 0 Å². The minimum absolute atomic E-state index is 0.810. The van der Waals surface area contributed by atoms with Crippen LogP contribution in [0.15, 0.2) is 23.1 Å². The van der Waals surface area contributed by atoms with E-state index < -0.39 is 0 Å². The molecule has 0 amide bonds. The van der Waals surface area contributed by atoms with Crippen molar-refractivity contribution in [2.24, 2.45) is 0 Å². The Morgan fingerprint density at radius 1 is 1.00 bits per heavy atom. The van der Waals surface area contributed by atoms with E-state index in [4.69, 9.17) is 11.6 Å². The number of hydrogen-bond acceptors (Lipinski definition) is 1. The Hall–Kier alpha value is -0.140. The molecule has 0 spiro atoms. The molecular formula is C14H21ClS. The normalized spacial score (nSPS) is 10.7. The molecule has 0 aromatic heterocycles. The first-order valence-corrected chi connectivity index (χ1v) is 7.52. The Kier molecular flexibility index (Phi) is 6.98. The summed E-state index contributed by atoms with van der Waals surface area (Å²) in [5, 5.41) is 0. The summed E-state index contributed by atoms with van der Waals surface area (Å²) >= 11 is 7.61. The highest BCUT2D eigenvalue weighted by atomic mass is 35.5. The van der Waals surface area contributed by atoms with E-state index >= 15 is 0 Å². The smallest absolute Gasteiger partial charge is 0.0223 e. The maximum atomic E-state index is 5.64. The van der Waals surface area contributed by atoms with E-state index in [1.54, 1.807) is 0 Å². The van der Waals surface area contributed by atoms with E-state index in [0.717, 1.165) is 12.3 Å². The summed E-state index contributed by atoms with van der Waals surface area (Å²) < 4.78 is 0. The number of aryl methyl sites for hydroxylation is 2. The van der Waals surface area contributed by atoms with Crippen LogP contribution in [-0.2, 0) is 0 Å². The Bertz CT molecular complexity index is 310. The average molecular weight is 257 g/mol. The SMILES string of the molecule is Cc1ccc(SCCCCCCCl)cc1C. The maximum Gasteiger partial charge on any atom is 0.0223 e. The zero-order valence-corrected chi connectivity index (χ0v) is 11.8. The summed E-state index contributed by atoms with van der Waals surface area (Å²) in [4.78, 5) is 1.40. The quantitative estimate of drug-likeness (QED) is 0.367. The maximum absolute atomic E-state index is 5.64. The molecule has 90 valence electrons. The fourth-order valence-electron chi connectivity index (χ4n) is 1.54. The largest absolute Gasteiger partial charge is 0.127 e. The summed E-state index contributed by atoms with van der Waals surface area (Å²) in [5.41, 5.74) is 2.78. The fourth-order valence-corrected chi connectivity index (χ4v) is 2.74. The highest BCUT2D eigenvalue weighted by Crippen LogP contribution is 2.22. The first-order valence-electron chi connectivity index (χ1n) is 6.00. The van der Waals surface area contributed by atoms with Crippen LogP contribution in [0.1, 0.15) is 36.8 Å². The number of alkyl halides is 1. The third-order valence-corrected chi connectivity index (χ3v) is 4.12. The molecule has 0 unspecified atom stereocenters. The summed E-state index contributed by atoms with van der Waals surface area (Å²) in [6.45, 7) is 4.34. The third kappa shape index (κ3) is 5.27. The van der Waals surface area contributed by atoms with Gasteiger partial charge in [-0.15, -0.1) is 23.4 Å². The van der Waals surface area contributed by atoms with Crippen molar-refractivity contribution >= 4 is 23.4 Å². The number of halogens is 1. The van der Waals surface area contributed by atoms with Gasteiger partial charge in [0.25, 0.3) is 0 Å². The number of rotatable bonds is 7. The lowest BCUT2D eigenvalue weighted by Gasteiger charge is -2.05. The van der Waals surface area contributed by atoms with Crippen LogP contribution in [0.5, 0.6) is 0 Å². The van der Waals surface area contributed by atoms with Crippen LogP contribution < -0.4 is 0 Å². The highest BCUT2D eigenvalue weighted by molar-refractivity contribution is 7.99. The Morgan fingerprint density at radius 2 is 1.75 bits per heavy atom. The van der Waals surface area contributed by atoms with Crippen LogP contribution in [0.25, 0.3) is 0 Å². The van der Waals surface area contributed by atoms with E-state index in [9.17, 15) is 0 Å². The van der Waals surface area contributed by atoms with Gasteiger partial charge in [0, 0.05) is 10.8 Å². The molecule has 0 nitrogen and oxygen atoms in total. The highest BCUT2D eigenvalue weighted by Gasteiger charge is 1.97. The van der Waals surface area contributed by atoms with Crippen LogP contribution >= 0.6 is 23.4 Å². The van der Waals surface area contributed by atoms with Gasteiger partial charge < -0.3 is 0 Å². The van der Waals surface area contributed by atoms with Crippen LogP contribution in [0.2, 0.25) is 0 Å². The van der Waals surface area contributed by atoms with Gasteiger partial charge in [-0.3, -0.25) is 0 Å². The van der Waals surface area contributed by atoms with Crippen molar-refractivity contribution in [3.63, 3.8) is 0 Å². The van der Waals surface area contributed by atoms with Crippen molar-refractivity contribution in [1.29, 1.82) is 0 Å². The van der Waals surface area contributed by atoms with Gasteiger partial charge in [0.2, 0.25) is 0 Å². The zero-order chi connectivity index (χ0) is 11.8. The van der Waals surface area contributed by atoms with Crippen molar-refractivity contribution < 1.29 is 0 Å². The molecule has 16 heavy (non-hydrogen) atoms. The van der Waals surface area contributed by atoms with Gasteiger partial charge in [0.1, 0.15) is 0 Å². The van der Waals surface area contributed by atoms with E-state index in [0.29, 0.717) is 0 Å². The number of benzene rings is 1. The molecule has 1 aromatic carbocycles. The lowest BCUT2D eigenvalue weighted by atomic mass is 10.1. The van der Waals surface area contributed by atoms with Gasteiger partial charge in [-0.1, -0.05) is 18.9 Å². The minimum Gasteiger partial charge on any atom is -0.127 e. The van der Waals surface area contributed by atoms with E-state index in [1.807, 2.05) is 11.8 Å². The molecule has 0 saturated carbocycles. The Morgan fingerprint density at radius 3 is 2.44 bits per heavy atom. The lowest BCUT2D eigenvalue weighted by Crippen LogP contribution is -1.85. The molecule has 2 heteroatoms. The van der Waals surface area contributed by atoms with Crippen LogP contribution in [-0.4, -0.2) is 11.6 Å². The summed E-state index contributed by atoms with van der Waals surface area (Å²) in [6, 6.07) is 6.73. The molecular weight excluding hydrogens is 236 g/mol. The zero-order valence-electron chi connectivity index (χ0n) is 10.3. The summed E-state index contributed by atoms with van der Waals surface area (Å²) in [5.74, 6) is 2.04. The lowest BCUT2D eigenvalue weighted by molar-refractivity contribution is 0.709. The molecule has 0 atom stereocenters. The summed E-state index contributed by atoms with van der Waals surface area (Å²) in [6.07, 6.45) is 5.05. The van der Waals surface area contributed by atoms with Crippen LogP contribution in [0.4, 0.5) is 0 Å². The molecule has 0 N–H and O–H groups in total. The van der Waals surface area contributed by atoms with Gasteiger partial charge in [-0.25, -0.2) is 0 Å². The minimum atomic E-state index is 0.810. The fraction of sp³-hybridized carbons (Fsp3) is 0.571. The molecule has 1 aromatic rings. The van der Waals surface area contributed by atoms with E-state index in [-0.39, 0.29) is 0 Å². The van der Waals surface area contributed by atoms with Crippen molar-refractivity contribution in [3.8, 4) is 0 Å². The molecule has 0 bridgehead atoms. The van der Waals surface area contributed by atoms with Crippen LogP contribution in [0.3, 0.4) is 0 Å². The molecule has 0 fully saturated rings. The number of unbranched alkanes of at least 4 members (excludes halogenated alkanes) is 3. The molecule has 0 aliphatic rings. The first-order chi connectivity index (χ1) is 7.74. The Balaban J connectivity index is 2.19. The van der Waals surface area contributed by atoms with Crippen molar-refractivity contribution in [1.82, 2.24) is 0 Å².